The van der Waals surface area contributed by atoms with Crippen molar-refractivity contribution in [3.8, 4) is 0 Å². The maximum absolute atomic E-state index is 14.2. The van der Waals surface area contributed by atoms with Crippen LogP contribution in [0, 0.1) is 0 Å². The van der Waals surface area contributed by atoms with Gasteiger partial charge in [-0.2, -0.15) is 0 Å². The molecule has 0 aromatic heterocycles. The molecule has 0 spiro atoms. The molecular weight excluding hydrogens is 193 g/mol. The topological polar surface area (TPSA) is 20.3 Å². The number of halogens is 1. The number of hydrogen-bond acceptors (Lipinski definition) is 1. The first-order chi connectivity index (χ1) is 7.15. The van der Waals surface area contributed by atoms with Gasteiger partial charge in [-0.3, -0.25) is 4.79 Å². The molecule has 0 saturated carbocycles. The second-order valence-corrected chi connectivity index (χ2v) is 3.73. The summed E-state index contributed by atoms with van der Waals surface area (Å²) in [5.74, 6) is -0.209. The van der Waals surface area contributed by atoms with Crippen LogP contribution in [-0.2, 0) is 10.5 Å². The van der Waals surface area contributed by atoms with Crippen LogP contribution in [0.3, 0.4) is 0 Å². The Hall–Kier alpha value is -1.64. The Morgan fingerprint density at radius 2 is 2.00 bits per heavy atom. The zero-order chi connectivity index (χ0) is 10.9. The fourth-order valence-electron chi connectivity index (χ4n) is 1.76. The number of rotatable bonds is 2. The summed E-state index contributed by atoms with van der Waals surface area (Å²) in [6, 6.07) is 8.94. The fraction of sp³-hybridized carbons (Fsp3) is 0.250. The highest BCUT2D eigenvalue weighted by atomic mass is 19.1. The monoisotopic (exact) mass is 205 g/mol. The Balaban J connectivity index is 2.09. The average Bonchev–Trinajstić information content (AvgIpc) is 2.25. The molecule has 15 heavy (non-hydrogen) atoms. The quantitative estimate of drug-likeness (QED) is 0.675. The van der Waals surface area contributed by atoms with Gasteiger partial charge in [0.05, 0.1) is 13.1 Å². The van der Waals surface area contributed by atoms with Crippen molar-refractivity contribution in [3.63, 3.8) is 0 Å². The largest absolute Gasteiger partial charge is 0.332 e. The van der Waals surface area contributed by atoms with Gasteiger partial charge in [-0.1, -0.05) is 36.9 Å². The van der Waals surface area contributed by atoms with E-state index in [2.05, 4.69) is 6.58 Å². The summed E-state index contributed by atoms with van der Waals surface area (Å²) in [5.41, 5.74) is -0.738. The molecule has 1 aromatic rings. The standard InChI is InChI=1S/C12H12FNO/c1-2-11(15)14-8-12(13,9-14)10-6-4-3-5-7-10/h2-7H,1,8-9H2. The molecule has 1 heterocycles. The Kier molecular flexibility index (Phi) is 2.31. The van der Waals surface area contributed by atoms with Crippen LogP contribution in [-0.4, -0.2) is 23.9 Å². The molecule has 0 N–H and O–H groups in total. The molecule has 0 bridgehead atoms. The number of nitrogens with zero attached hydrogens (tertiary/aromatic N) is 1. The fourth-order valence-corrected chi connectivity index (χ4v) is 1.76. The summed E-state index contributed by atoms with van der Waals surface area (Å²) < 4.78 is 14.2. The molecule has 1 aliphatic heterocycles. The predicted molar refractivity (Wildman–Crippen MR) is 56.0 cm³/mol. The van der Waals surface area contributed by atoms with Gasteiger partial charge in [-0.25, -0.2) is 4.39 Å². The number of likely N-dealkylation sites (tertiary alicyclic amines) is 1. The Bertz CT molecular complexity index is 382. The van der Waals surface area contributed by atoms with Crippen molar-refractivity contribution < 1.29 is 9.18 Å². The molecule has 0 aliphatic carbocycles. The molecule has 78 valence electrons. The zero-order valence-electron chi connectivity index (χ0n) is 8.32. The van der Waals surface area contributed by atoms with Crippen molar-refractivity contribution in [1.82, 2.24) is 4.90 Å². The molecular formula is C12H12FNO. The highest BCUT2D eigenvalue weighted by Gasteiger charge is 2.46. The number of hydrogen-bond donors (Lipinski definition) is 0. The van der Waals surface area contributed by atoms with Crippen LogP contribution in [0.25, 0.3) is 0 Å². The van der Waals surface area contributed by atoms with Gasteiger partial charge in [-0.05, 0) is 11.6 Å². The van der Waals surface area contributed by atoms with Crippen molar-refractivity contribution in [2.24, 2.45) is 0 Å². The van der Waals surface area contributed by atoms with Crippen molar-refractivity contribution in [2.75, 3.05) is 13.1 Å². The van der Waals surface area contributed by atoms with E-state index in [1.807, 2.05) is 6.07 Å². The van der Waals surface area contributed by atoms with Gasteiger partial charge < -0.3 is 4.90 Å². The van der Waals surface area contributed by atoms with Crippen LogP contribution >= 0.6 is 0 Å². The van der Waals surface area contributed by atoms with Gasteiger partial charge in [0.15, 0.2) is 5.67 Å². The lowest BCUT2D eigenvalue weighted by Gasteiger charge is -2.44. The van der Waals surface area contributed by atoms with Crippen LogP contribution in [0.2, 0.25) is 0 Å². The lowest BCUT2D eigenvalue weighted by molar-refractivity contribution is -0.140. The first kappa shape index (κ1) is 9.90. The van der Waals surface area contributed by atoms with Crippen molar-refractivity contribution >= 4 is 5.91 Å². The number of alkyl halides is 1. The number of carbonyl (C=O) groups is 1. The first-order valence-electron chi connectivity index (χ1n) is 4.81. The van der Waals surface area contributed by atoms with Crippen molar-refractivity contribution in [2.45, 2.75) is 5.67 Å². The third-order valence-corrected chi connectivity index (χ3v) is 2.66. The predicted octanol–water partition coefficient (Wildman–Crippen LogP) is 1.88. The number of carbonyl (C=O) groups excluding carboxylic acids is 1. The lowest BCUT2D eigenvalue weighted by Crippen LogP contribution is -2.58. The molecule has 0 atom stereocenters. The van der Waals surface area contributed by atoms with Gasteiger partial charge in [-0.15, -0.1) is 0 Å². The molecule has 1 aliphatic rings. The number of benzene rings is 1. The molecule has 1 amide bonds. The highest BCUT2D eigenvalue weighted by Crippen LogP contribution is 2.35. The molecule has 1 saturated heterocycles. The minimum Gasteiger partial charge on any atom is -0.332 e. The SMILES string of the molecule is C=CC(=O)N1CC(F)(c2ccccc2)C1. The van der Waals surface area contributed by atoms with Crippen LogP contribution in [0.5, 0.6) is 0 Å². The molecule has 3 heteroatoms. The summed E-state index contributed by atoms with van der Waals surface area (Å²) in [5, 5.41) is 0. The van der Waals surface area contributed by atoms with E-state index in [-0.39, 0.29) is 19.0 Å². The van der Waals surface area contributed by atoms with E-state index in [1.165, 1.54) is 11.0 Å². The van der Waals surface area contributed by atoms with Gasteiger partial charge in [0.25, 0.3) is 0 Å². The zero-order valence-corrected chi connectivity index (χ0v) is 8.32. The van der Waals surface area contributed by atoms with Gasteiger partial charge in [0.1, 0.15) is 0 Å². The lowest BCUT2D eigenvalue weighted by atomic mass is 9.88. The van der Waals surface area contributed by atoms with Gasteiger partial charge in [0.2, 0.25) is 5.91 Å². The van der Waals surface area contributed by atoms with Crippen LogP contribution < -0.4 is 0 Å². The molecule has 0 radical (unpaired) electrons. The summed E-state index contributed by atoms with van der Waals surface area (Å²) >= 11 is 0. The molecule has 2 rings (SSSR count). The second-order valence-electron chi connectivity index (χ2n) is 3.73. The molecule has 2 nitrogen and oxygen atoms in total. The number of amides is 1. The van der Waals surface area contributed by atoms with Crippen LogP contribution in [0.1, 0.15) is 5.56 Å². The third kappa shape index (κ3) is 1.65. The van der Waals surface area contributed by atoms with E-state index >= 15 is 0 Å². The van der Waals surface area contributed by atoms with Gasteiger partial charge >= 0.3 is 0 Å². The van der Waals surface area contributed by atoms with Crippen molar-refractivity contribution in [3.05, 3.63) is 48.6 Å². The Labute approximate surface area is 88.0 Å². The van der Waals surface area contributed by atoms with Crippen LogP contribution in [0.4, 0.5) is 4.39 Å². The Morgan fingerprint density at radius 3 is 2.53 bits per heavy atom. The second kappa shape index (κ2) is 3.50. The summed E-state index contributed by atoms with van der Waals surface area (Å²) in [7, 11) is 0. The average molecular weight is 205 g/mol. The summed E-state index contributed by atoms with van der Waals surface area (Å²) in [6.07, 6.45) is 1.21. The van der Waals surface area contributed by atoms with E-state index in [1.54, 1.807) is 24.3 Å². The van der Waals surface area contributed by atoms with E-state index in [0.29, 0.717) is 5.56 Å². The third-order valence-electron chi connectivity index (χ3n) is 2.66. The van der Waals surface area contributed by atoms with Crippen LogP contribution in [0.15, 0.2) is 43.0 Å². The molecule has 1 fully saturated rings. The molecule has 1 aromatic carbocycles. The maximum atomic E-state index is 14.2. The minimum atomic E-state index is -1.38. The Morgan fingerprint density at radius 1 is 1.40 bits per heavy atom. The van der Waals surface area contributed by atoms with E-state index in [4.69, 9.17) is 0 Å². The molecule has 0 unspecified atom stereocenters. The van der Waals surface area contributed by atoms with E-state index < -0.39 is 5.67 Å². The van der Waals surface area contributed by atoms with E-state index in [0.717, 1.165) is 0 Å². The van der Waals surface area contributed by atoms with Gasteiger partial charge in [0, 0.05) is 0 Å². The smallest absolute Gasteiger partial charge is 0.246 e. The normalized spacial score (nSPS) is 18.1. The maximum Gasteiger partial charge on any atom is 0.246 e. The first-order valence-corrected chi connectivity index (χ1v) is 4.81. The van der Waals surface area contributed by atoms with Crippen molar-refractivity contribution in [1.29, 1.82) is 0 Å². The highest BCUT2D eigenvalue weighted by molar-refractivity contribution is 5.88. The summed E-state index contributed by atoms with van der Waals surface area (Å²) in [6.45, 7) is 3.62. The minimum absolute atomic E-state index is 0.127. The summed E-state index contributed by atoms with van der Waals surface area (Å²) in [4.78, 5) is 12.6. The van der Waals surface area contributed by atoms with E-state index in [9.17, 15) is 9.18 Å².